The van der Waals surface area contributed by atoms with E-state index in [2.05, 4.69) is 11.1 Å². The summed E-state index contributed by atoms with van der Waals surface area (Å²) in [6.45, 7) is 1.96. The van der Waals surface area contributed by atoms with E-state index in [1.807, 2.05) is 18.4 Å². The first-order valence-electron chi connectivity index (χ1n) is 4.00. The van der Waals surface area contributed by atoms with Crippen LogP contribution >= 0.6 is 11.8 Å². The first-order valence-corrected chi connectivity index (χ1v) is 4.95. The maximum Gasteiger partial charge on any atom is 0.137 e. The second kappa shape index (κ2) is 2.93. The molecule has 2 N–H and O–H groups in total. The zero-order valence-electron chi connectivity index (χ0n) is 7.19. The Morgan fingerprint density at radius 3 is 3.15 bits per heavy atom. The van der Waals surface area contributed by atoms with Crippen molar-refractivity contribution in [2.75, 3.05) is 0 Å². The van der Waals surface area contributed by atoms with Crippen LogP contribution in [0.2, 0.25) is 0 Å². The van der Waals surface area contributed by atoms with Crippen LogP contribution in [-0.2, 0) is 0 Å². The standard InChI is InChI=1S/C9H9N3S/c1-5-6(4-10)9(11)12-7-2-3-13-8(5)7/h2-3,7-8H,1H3,(H2,11,12). The quantitative estimate of drug-likeness (QED) is 0.625. The fourth-order valence-electron chi connectivity index (χ4n) is 1.58. The van der Waals surface area contributed by atoms with Gasteiger partial charge >= 0.3 is 0 Å². The van der Waals surface area contributed by atoms with Gasteiger partial charge in [-0.25, -0.2) is 0 Å². The molecule has 2 atom stereocenters. The van der Waals surface area contributed by atoms with E-state index in [4.69, 9.17) is 11.0 Å². The molecule has 0 aliphatic carbocycles. The van der Waals surface area contributed by atoms with Crippen LogP contribution in [-0.4, -0.2) is 17.1 Å². The number of rotatable bonds is 0. The Balaban J connectivity index is 2.46. The van der Waals surface area contributed by atoms with Gasteiger partial charge in [0.25, 0.3) is 0 Å². The largest absolute Gasteiger partial charge is 0.383 e. The number of nitrogens with zero attached hydrogens (tertiary/aromatic N) is 2. The topological polar surface area (TPSA) is 62.2 Å². The zero-order valence-corrected chi connectivity index (χ0v) is 8.01. The van der Waals surface area contributed by atoms with Crippen LogP contribution in [0.1, 0.15) is 6.92 Å². The molecular weight excluding hydrogens is 182 g/mol. The van der Waals surface area contributed by atoms with Crippen LogP contribution in [0.4, 0.5) is 0 Å². The zero-order chi connectivity index (χ0) is 9.42. The van der Waals surface area contributed by atoms with E-state index >= 15 is 0 Å². The summed E-state index contributed by atoms with van der Waals surface area (Å²) in [5.74, 6) is 0.383. The lowest BCUT2D eigenvalue weighted by atomic mass is 9.98. The van der Waals surface area contributed by atoms with Gasteiger partial charge in [0, 0.05) is 0 Å². The van der Waals surface area contributed by atoms with Crippen molar-refractivity contribution in [3.05, 3.63) is 22.6 Å². The van der Waals surface area contributed by atoms with Gasteiger partial charge < -0.3 is 5.73 Å². The molecule has 0 bridgehead atoms. The van der Waals surface area contributed by atoms with Crippen LogP contribution in [0, 0.1) is 11.3 Å². The molecule has 0 aromatic rings. The molecule has 2 aliphatic heterocycles. The third-order valence-corrected chi connectivity index (χ3v) is 3.53. The Labute approximate surface area is 81.0 Å². The molecule has 13 heavy (non-hydrogen) atoms. The van der Waals surface area contributed by atoms with E-state index in [1.54, 1.807) is 11.8 Å². The average Bonchev–Trinajstić information content (AvgIpc) is 2.53. The Hall–Kier alpha value is -1.21. The van der Waals surface area contributed by atoms with Crippen molar-refractivity contribution in [3.63, 3.8) is 0 Å². The molecule has 4 heteroatoms. The Morgan fingerprint density at radius 1 is 1.69 bits per heavy atom. The van der Waals surface area contributed by atoms with Crippen molar-refractivity contribution >= 4 is 17.6 Å². The molecule has 0 aromatic heterocycles. The highest BCUT2D eigenvalue weighted by Gasteiger charge is 2.31. The van der Waals surface area contributed by atoms with Crippen molar-refractivity contribution in [2.45, 2.75) is 18.2 Å². The van der Waals surface area contributed by atoms with Crippen molar-refractivity contribution < 1.29 is 0 Å². The number of fused-ring (bicyclic) bond motifs is 1. The predicted molar refractivity (Wildman–Crippen MR) is 54.2 cm³/mol. The van der Waals surface area contributed by atoms with Gasteiger partial charge in [-0.05, 0) is 17.9 Å². The summed E-state index contributed by atoms with van der Waals surface area (Å²) >= 11 is 1.70. The molecule has 0 amide bonds. The fourth-order valence-corrected chi connectivity index (χ4v) is 2.63. The lowest BCUT2D eigenvalue weighted by molar-refractivity contribution is 0.813. The third kappa shape index (κ3) is 1.16. The number of hydrogen-bond acceptors (Lipinski definition) is 4. The molecule has 0 saturated heterocycles. The first kappa shape index (κ1) is 8.39. The van der Waals surface area contributed by atoms with Gasteiger partial charge in [-0.15, -0.1) is 11.8 Å². The van der Waals surface area contributed by atoms with Gasteiger partial charge in [0.15, 0.2) is 0 Å². The predicted octanol–water partition coefficient (Wildman–Crippen LogP) is 1.19. The number of nitrogens with two attached hydrogens (primary N) is 1. The molecule has 2 rings (SSSR count). The van der Waals surface area contributed by atoms with Crippen molar-refractivity contribution in [1.29, 1.82) is 5.26 Å². The van der Waals surface area contributed by atoms with E-state index in [9.17, 15) is 0 Å². The molecule has 2 unspecified atom stereocenters. The van der Waals surface area contributed by atoms with E-state index < -0.39 is 0 Å². The maximum atomic E-state index is 8.85. The normalized spacial score (nSPS) is 31.2. The minimum Gasteiger partial charge on any atom is -0.383 e. The number of dihydropyridines is 1. The maximum absolute atomic E-state index is 8.85. The molecule has 0 saturated carbocycles. The molecule has 2 aliphatic rings. The summed E-state index contributed by atoms with van der Waals surface area (Å²) in [6, 6.07) is 2.24. The second-order valence-corrected chi connectivity index (χ2v) is 4.11. The highest BCUT2D eigenvalue weighted by Crippen LogP contribution is 2.36. The van der Waals surface area contributed by atoms with Gasteiger partial charge in [0.1, 0.15) is 11.9 Å². The highest BCUT2D eigenvalue weighted by atomic mass is 32.2. The SMILES string of the molecule is CC1=C(C#N)C(N)=NC2C=CSC12. The second-order valence-electron chi connectivity index (χ2n) is 3.06. The molecule has 0 radical (unpaired) electrons. The molecule has 3 nitrogen and oxygen atoms in total. The monoisotopic (exact) mass is 191 g/mol. The Morgan fingerprint density at radius 2 is 2.46 bits per heavy atom. The lowest BCUT2D eigenvalue weighted by Crippen LogP contribution is -2.30. The van der Waals surface area contributed by atoms with Gasteiger partial charge in [0.05, 0.1) is 16.9 Å². The van der Waals surface area contributed by atoms with Gasteiger partial charge in [-0.3, -0.25) is 4.99 Å². The Kier molecular flexibility index (Phi) is 1.89. The van der Waals surface area contributed by atoms with Crippen LogP contribution in [0.3, 0.4) is 0 Å². The fraction of sp³-hybridized carbons (Fsp3) is 0.333. The van der Waals surface area contributed by atoms with E-state index in [0.29, 0.717) is 16.7 Å². The lowest BCUT2D eigenvalue weighted by Gasteiger charge is -2.22. The van der Waals surface area contributed by atoms with Crippen molar-refractivity contribution in [2.24, 2.45) is 10.7 Å². The molecule has 2 heterocycles. The van der Waals surface area contributed by atoms with Crippen LogP contribution in [0.25, 0.3) is 0 Å². The van der Waals surface area contributed by atoms with Crippen LogP contribution in [0.5, 0.6) is 0 Å². The molecular formula is C9H9N3S. The molecule has 0 fully saturated rings. The van der Waals surface area contributed by atoms with E-state index in [1.165, 1.54) is 0 Å². The van der Waals surface area contributed by atoms with Gasteiger partial charge in [-0.2, -0.15) is 5.26 Å². The van der Waals surface area contributed by atoms with Crippen molar-refractivity contribution in [3.8, 4) is 6.07 Å². The minimum absolute atomic E-state index is 0.141. The number of aliphatic imine (C=N–C) groups is 1. The smallest absolute Gasteiger partial charge is 0.137 e. The van der Waals surface area contributed by atoms with Gasteiger partial charge in [0.2, 0.25) is 0 Å². The summed E-state index contributed by atoms with van der Waals surface area (Å²) in [7, 11) is 0. The number of amidine groups is 1. The summed E-state index contributed by atoms with van der Waals surface area (Å²) in [6.07, 6.45) is 2.03. The van der Waals surface area contributed by atoms with Crippen LogP contribution in [0.15, 0.2) is 27.6 Å². The third-order valence-electron chi connectivity index (χ3n) is 2.29. The summed E-state index contributed by atoms with van der Waals surface area (Å²) in [4.78, 5) is 4.25. The average molecular weight is 191 g/mol. The van der Waals surface area contributed by atoms with E-state index in [-0.39, 0.29) is 6.04 Å². The van der Waals surface area contributed by atoms with E-state index in [0.717, 1.165) is 5.57 Å². The summed E-state index contributed by atoms with van der Waals surface area (Å²) in [5.41, 5.74) is 7.27. The number of thioether (sulfide) groups is 1. The Bertz CT molecular complexity index is 373. The number of hydrogen-bond donors (Lipinski definition) is 1. The number of nitriles is 1. The molecule has 0 aromatic carbocycles. The highest BCUT2D eigenvalue weighted by molar-refractivity contribution is 8.03. The van der Waals surface area contributed by atoms with Crippen molar-refractivity contribution in [1.82, 2.24) is 0 Å². The molecule has 0 spiro atoms. The van der Waals surface area contributed by atoms with Gasteiger partial charge in [-0.1, -0.05) is 6.08 Å². The summed E-state index contributed by atoms with van der Waals surface area (Å²) < 4.78 is 0. The molecule has 66 valence electrons. The van der Waals surface area contributed by atoms with Crippen LogP contribution < -0.4 is 5.73 Å². The summed E-state index contributed by atoms with van der Waals surface area (Å²) in [5, 5.41) is 11.2. The minimum atomic E-state index is 0.141. The first-order chi connectivity index (χ1) is 6.24.